The molecule has 1 aliphatic rings. The molecule has 1 saturated heterocycles. The Morgan fingerprint density at radius 3 is 2.40 bits per heavy atom. The second-order valence-corrected chi connectivity index (χ2v) is 7.26. The van der Waals surface area contributed by atoms with E-state index in [-0.39, 0.29) is 17.2 Å². The second-order valence-electron chi connectivity index (χ2n) is 7.26. The molecular weight excluding hydrogens is 380 g/mol. The molecule has 7 heteroatoms. The summed E-state index contributed by atoms with van der Waals surface area (Å²) in [7, 11) is 0. The van der Waals surface area contributed by atoms with Gasteiger partial charge in [0.2, 0.25) is 0 Å². The number of amides is 2. The summed E-state index contributed by atoms with van der Waals surface area (Å²) in [4.78, 5) is 39.9. The lowest BCUT2D eigenvalue weighted by Gasteiger charge is -2.19. The van der Waals surface area contributed by atoms with Gasteiger partial charge in [0.1, 0.15) is 5.69 Å². The van der Waals surface area contributed by atoms with E-state index in [0.717, 1.165) is 31.5 Å². The Hall–Kier alpha value is -3.74. The third kappa shape index (κ3) is 3.87. The summed E-state index contributed by atoms with van der Waals surface area (Å²) in [5, 5.41) is 7.02. The fraction of sp³-hybridized carbons (Fsp3) is 0.217. The molecule has 0 aliphatic carbocycles. The van der Waals surface area contributed by atoms with Crippen LogP contribution in [-0.4, -0.2) is 39.6 Å². The summed E-state index contributed by atoms with van der Waals surface area (Å²) in [6.07, 6.45) is 1.98. The fourth-order valence-corrected chi connectivity index (χ4v) is 3.61. The van der Waals surface area contributed by atoms with E-state index in [4.69, 9.17) is 0 Å². The molecule has 0 atom stereocenters. The second kappa shape index (κ2) is 8.32. The van der Waals surface area contributed by atoms with E-state index < -0.39 is 5.91 Å². The number of nitrogens with zero attached hydrogens (tertiary/aromatic N) is 3. The van der Waals surface area contributed by atoms with E-state index >= 15 is 0 Å². The van der Waals surface area contributed by atoms with Crippen molar-refractivity contribution in [3.05, 3.63) is 87.8 Å². The first-order chi connectivity index (χ1) is 14.5. The molecule has 4 rings (SSSR count). The van der Waals surface area contributed by atoms with Crippen LogP contribution < -0.4 is 10.9 Å². The molecule has 0 unspecified atom stereocenters. The summed E-state index contributed by atoms with van der Waals surface area (Å²) < 4.78 is 1.18. The standard InChI is InChI=1S/C23H22N4O3/c1-16-8-7-11-18(21(16)23(30)26-14-5-6-15-26)24-22(29)19-12-13-20(28)27(25-19)17-9-3-2-4-10-17/h2-4,7-13H,5-6,14-15H2,1H3,(H,24,29). The Morgan fingerprint density at radius 2 is 1.67 bits per heavy atom. The van der Waals surface area contributed by atoms with Gasteiger partial charge in [0.05, 0.1) is 16.9 Å². The van der Waals surface area contributed by atoms with Gasteiger partial charge in [0, 0.05) is 19.2 Å². The number of nitrogens with one attached hydrogen (secondary N) is 1. The van der Waals surface area contributed by atoms with Gasteiger partial charge in [0.15, 0.2) is 0 Å². The zero-order valence-electron chi connectivity index (χ0n) is 16.7. The highest BCUT2D eigenvalue weighted by Crippen LogP contribution is 2.24. The molecule has 0 bridgehead atoms. The molecule has 0 spiro atoms. The third-order valence-electron chi connectivity index (χ3n) is 5.16. The molecule has 0 saturated carbocycles. The Balaban J connectivity index is 1.65. The molecule has 1 fully saturated rings. The largest absolute Gasteiger partial charge is 0.339 e. The Labute approximate surface area is 174 Å². The summed E-state index contributed by atoms with van der Waals surface area (Å²) in [6, 6.07) is 16.9. The molecule has 152 valence electrons. The molecular formula is C23H22N4O3. The zero-order valence-corrected chi connectivity index (χ0v) is 16.7. The van der Waals surface area contributed by atoms with Gasteiger partial charge in [-0.2, -0.15) is 9.78 Å². The van der Waals surface area contributed by atoms with E-state index in [0.29, 0.717) is 16.9 Å². The van der Waals surface area contributed by atoms with Crippen molar-refractivity contribution < 1.29 is 9.59 Å². The van der Waals surface area contributed by atoms with E-state index in [1.54, 1.807) is 36.4 Å². The number of likely N-dealkylation sites (tertiary alicyclic amines) is 1. The Bertz CT molecular complexity index is 1150. The van der Waals surface area contributed by atoms with Gasteiger partial charge in [-0.05, 0) is 49.6 Å². The molecule has 1 aliphatic heterocycles. The van der Waals surface area contributed by atoms with Crippen LogP contribution in [0.1, 0.15) is 39.3 Å². The van der Waals surface area contributed by atoms with Gasteiger partial charge < -0.3 is 10.2 Å². The van der Waals surface area contributed by atoms with Crippen molar-refractivity contribution in [3.8, 4) is 5.69 Å². The van der Waals surface area contributed by atoms with Crippen molar-refractivity contribution in [2.24, 2.45) is 0 Å². The average Bonchev–Trinajstić information content (AvgIpc) is 3.29. The molecule has 3 aromatic rings. The molecule has 2 heterocycles. The van der Waals surface area contributed by atoms with Crippen LogP contribution in [0.15, 0.2) is 65.5 Å². The van der Waals surface area contributed by atoms with E-state index in [9.17, 15) is 14.4 Å². The minimum Gasteiger partial charge on any atom is -0.339 e. The maximum atomic E-state index is 13.0. The van der Waals surface area contributed by atoms with Crippen LogP contribution in [0.5, 0.6) is 0 Å². The number of anilines is 1. The number of aromatic nitrogens is 2. The van der Waals surface area contributed by atoms with Gasteiger partial charge in [-0.3, -0.25) is 14.4 Å². The molecule has 7 nitrogen and oxygen atoms in total. The van der Waals surface area contributed by atoms with Gasteiger partial charge in [-0.15, -0.1) is 0 Å². The fourth-order valence-electron chi connectivity index (χ4n) is 3.61. The van der Waals surface area contributed by atoms with Crippen LogP contribution in [0.3, 0.4) is 0 Å². The van der Waals surface area contributed by atoms with Crippen molar-refractivity contribution in [2.75, 3.05) is 18.4 Å². The molecule has 2 amide bonds. The van der Waals surface area contributed by atoms with Gasteiger partial charge >= 0.3 is 0 Å². The first-order valence-corrected chi connectivity index (χ1v) is 9.90. The highest BCUT2D eigenvalue weighted by molar-refractivity contribution is 6.08. The van der Waals surface area contributed by atoms with Crippen molar-refractivity contribution in [2.45, 2.75) is 19.8 Å². The van der Waals surface area contributed by atoms with Gasteiger partial charge in [0.25, 0.3) is 17.4 Å². The first-order valence-electron chi connectivity index (χ1n) is 9.90. The topological polar surface area (TPSA) is 84.3 Å². The van der Waals surface area contributed by atoms with E-state index in [1.807, 2.05) is 24.0 Å². The normalized spacial score (nSPS) is 13.3. The quantitative estimate of drug-likeness (QED) is 0.727. The predicted molar refractivity (Wildman–Crippen MR) is 114 cm³/mol. The lowest BCUT2D eigenvalue weighted by molar-refractivity contribution is 0.0793. The average molecular weight is 402 g/mol. The third-order valence-corrected chi connectivity index (χ3v) is 5.16. The Morgan fingerprint density at radius 1 is 0.933 bits per heavy atom. The Kier molecular flexibility index (Phi) is 5.43. The van der Waals surface area contributed by atoms with E-state index in [1.165, 1.54) is 16.8 Å². The number of aryl methyl sites for hydroxylation is 1. The minimum absolute atomic E-state index is 0.0804. The molecule has 30 heavy (non-hydrogen) atoms. The van der Waals surface area contributed by atoms with Crippen LogP contribution in [0.25, 0.3) is 5.69 Å². The number of carbonyl (C=O) groups is 2. The molecule has 2 aromatic carbocycles. The molecule has 0 radical (unpaired) electrons. The first kappa shape index (κ1) is 19.6. The van der Waals surface area contributed by atoms with Crippen LogP contribution in [0, 0.1) is 6.92 Å². The smallest absolute Gasteiger partial charge is 0.276 e. The highest BCUT2D eigenvalue weighted by atomic mass is 16.2. The van der Waals surface area contributed by atoms with Crippen LogP contribution in [-0.2, 0) is 0 Å². The van der Waals surface area contributed by atoms with Gasteiger partial charge in [-0.1, -0.05) is 30.3 Å². The van der Waals surface area contributed by atoms with E-state index in [2.05, 4.69) is 10.4 Å². The van der Waals surface area contributed by atoms with Crippen molar-refractivity contribution in [1.29, 1.82) is 0 Å². The molecule has 1 aromatic heterocycles. The summed E-state index contributed by atoms with van der Waals surface area (Å²) in [5.74, 6) is -0.566. The maximum Gasteiger partial charge on any atom is 0.276 e. The summed E-state index contributed by atoms with van der Waals surface area (Å²) >= 11 is 0. The summed E-state index contributed by atoms with van der Waals surface area (Å²) in [6.45, 7) is 3.31. The van der Waals surface area contributed by atoms with Crippen molar-refractivity contribution in [3.63, 3.8) is 0 Å². The highest BCUT2D eigenvalue weighted by Gasteiger charge is 2.24. The van der Waals surface area contributed by atoms with Crippen molar-refractivity contribution in [1.82, 2.24) is 14.7 Å². The predicted octanol–water partition coefficient (Wildman–Crippen LogP) is 3.03. The number of hydrogen-bond donors (Lipinski definition) is 1. The number of hydrogen-bond acceptors (Lipinski definition) is 4. The van der Waals surface area contributed by atoms with Crippen LogP contribution >= 0.6 is 0 Å². The van der Waals surface area contributed by atoms with Crippen LogP contribution in [0.2, 0.25) is 0 Å². The summed E-state index contributed by atoms with van der Waals surface area (Å²) in [5.41, 5.74) is 2.04. The lowest BCUT2D eigenvalue weighted by atomic mass is 10.0. The number of rotatable bonds is 4. The molecule has 1 N–H and O–H groups in total. The van der Waals surface area contributed by atoms with Crippen LogP contribution in [0.4, 0.5) is 5.69 Å². The maximum absolute atomic E-state index is 13.0. The zero-order chi connectivity index (χ0) is 21.1. The monoisotopic (exact) mass is 402 g/mol. The number of para-hydroxylation sites is 1. The number of carbonyl (C=O) groups excluding carboxylic acids is 2. The SMILES string of the molecule is Cc1cccc(NC(=O)c2ccc(=O)n(-c3ccccc3)n2)c1C(=O)N1CCCC1. The van der Waals surface area contributed by atoms with Gasteiger partial charge in [-0.25, -0.2) is 0 Å². The lowest BCUT2D eigenvalue weighted by Crippen LogP contribution is -2.30. The number of benzene rings is 2. The van der Waals surface area contributed by atoms with Crippen molar-refractivity contribution >= 4 is 17.5 Å². The minimum atomic E-state index is -0.485.